The number of hydrogen-bond donors (Lipinski definition) is 1. The third-order valence-electron chi connectivity index (χ3n) is 4.05. The second kappa shape index (κ2) is 6.75. The van der Waals surface area contributed by atoms with Crippen LogP contribution in [0, 0.1) is 11.8 Å². The SMILES string of the molecule is CCCNC(C)CCN(CC1CC1)CC1CC1. The minimum Gasteiger partial charge on any atom is -0.314 e. The molecule has 0 aromatic carbocycles. The highest BCUT2D eigenvalue weighted by Gasteiger charge is 2.28. The lowest BCUT2D eigenvalue weighted by Gasteiger charge is -2.24. The van der Waals surface area contributed by atoms with Crippen molar-refractivity contribution in [3.8, 4) is 0 Å². The highest BCUT2D eigenvalue weighted by atomic mass is 15.1. The summed E-state index contributed by atoms with van der Waals surface area (Å²) in [6, 6.07) is 0.691. The molecule has 0 heterocycles. The van der Waals surface area contributed by atoms with Gasteiger partial charge in [-0.15, -0.1) is 0 Å². The van der Waals surface area contributed by atoms with Gasteiger partial charge < -0.3 is 10.2 Å². The molecule has 100 valence electrons. The Kier molecular flexibility index (Phi) is 5.30. The Balaban J connectivity index is 1.60. The van der Waals surface area contributed by atoms with Gasteiger partial charge in [0.1, 0.15) is 0 Å². The maximum atomic E-state index is 3.60. The minimum absolute atomic E-state index is 0.691. The lowest BCUT2D eigenvalue weighted by Crippen LogP contribution is -2.35. The molecule has 2 heteroatoms. The smallest absolute Gasteiger partial charge is 0.00508 e. The first-order valence-electron chi connectivity index (χ1n) is 7.73. The first-order valence-corrected chi connectivity index (χ1v) is 7.73. The zero-order valence-corrected chi connectivity index (χ0v) is 11.8. The molecule has 17 heavy (non-hydrogen) atoms. The highest BCUT2D eigenvalue weighted by molar-refractivity contribution is 4.82. The van der Waals surface area contributed by atoms with Crippen LogP contribution in [0.3, 0.4) is 0 Å². The maximum absolute atomic E-state index is 3.60. The normalized spacial score (nSPS) is 22.1. The number of hydrogen-bond acceptors (Lipinski definition) is 2. The van der Waals surface area contributed by atoms with E-state index in [1.807, 2.05) is 0 Å². The van der Waals surface area contributed by atoms with Crippen molar-refractivity contribution in [3.63, 3.8) is 0 Å². The van der Waals surface area contributed by atoms with E-state index in [4.69, 9.17) is 0 Å². The van der Waals surface area contributed by atoms with Crippen molar-refractivity contribution >= 4 is 0 Å². The molecule has 0 saturated heterocycles. The van der Waals surface area contributed by atoms with Gasteiger partial charge in [-0.05, 0) is 70.4 Å². The van der Waals surface area contributed by atoms with Crippen LogP contribution in [-0.2, 0) is 0 Å². The van der Waals surface area contributed by atoms with E-state index >= 15 is 0 Å². The Morgan fingerprint density at radius 3 is 2.18 bits per heavy atom. The third-order valence-corrected chi connectivity index (χ3v) is 4.05. The molecule has 2 saturated carbocycles. The second-order valence-electron chi connectivity index (χ2n) is 6.29. The van der Waals surface area contributed by atoms with E-state index < -0.39 is 0 Å². The molecule has 2 aliphatic carbocycles. The third kappa shape index (κ3) is 5.87. The van der Waals surface area contributed by atoms with E-state index in [-0.39, 0.29) is 0 Å². The summed E-state index contributed by atoms with van der Waals surface area (Å²) < 4.78 is 0. The Morgan fingerprint density at radius 2 is 1.71 bits per heavy atom. The second-order valence-corrected chi connectivity index (χ2v) is 6.29. The van der Waals surface area contributed by atoms with Gasteiger partial charge in [-0.2, -0.15) is 0 Å². The summed E-state index contributed by atoms with van der Waals surface area (Å²) in [6.45, 7) is 9.83. The summed E-state index contributed by atoms with van der Waals surface area (Å²) in [5, 5.41) is 3.60. The van der Waals surface area contributed by atoms with Gasteiger partial charge in [-0.3, -0.25) is 0 Å². The first-order chi connectivity index (χ1) is 8.28. The van der Waals surface area contributed by atoms with Crippen LogP contribution in [0.2, 0.25) is 0 Å². The topological polar surface area (TPSA) is 15.3 Å². The largest absolute Gasteiger partial charge is 0.314 e. The molecule has 0 bridgehead atoms. The molecular formula is C15H30N2. The highest BCUT2D eigenvalue weighted by Crippen LogP contribution is 2.33. The van der Waals surface area contributed by atoms with Gasteiger partial charge in [0.05, 0.1) is 0 Å². The van der Waals surface area contributed by atoms with Crippen LogP contribution in [-0.4, -0.2) is 37.1 Å². The molecule has 0 aromatic rings. The Morgan fingerprint density at radius 1 is 1.12 bits per heavy atom. The number of nitrogens with zero attached hydrogens (tertiary/aromatic N) is 1. The summed E-state index contributed by atoms with van der Waals surface area (Å²) in [4.78, 5) is 2.75. The molecular weight excluding hydrogens is 208 g/mol. The Labute approximate surface area is 107 Å². The van der Waals surface area contributed by atoms with Crippen LogP contribution in [0.1, 0.15) is 52.4 Å². The van der Waals surface area contributed by atoms with Gasteiger partial charge in [-0.1, -0.05) is 6.92 Å². The van der Waals surface area contributed by atoms with Crippen molar-refractivity contribution in [2.45, 2.75) is 58.4 Å². The van der Waals surface area contributed by atoms with Gasteiger partial charge in [0, 0.05) is 19.1 Å². The molecule has 0 radical (unpaired) electrons. The van der Waals surface area contributed by atoms with Gasteiger partial charge in [0.25, 0.3) is 0 Å². The monoisotopic (exact) mass is 238 g/mol. The van der Waals surface area contributed by atoms with E-state index in [9.17, 15) is 0 Å². The van der Waals surface area contributed by atoms with E-state index in [1.165, 1.54) is 64.7 Å². The zero-order chi connectivity index (χ0) is 12.1. The Bertz CT molecular complexity index is 195. The first kappa shape index (κ1) is 13.4. The summed E-state index contributed by atoms with van der Waals surface area (Å²) in [5.74, 6) is 2.10. The molecule has 1 unspecified atom stereocenters. The van der Waals surface area contributed by atoms with Crippen LogP contribution in [0.25, 0.3) is 0 Å². The molecule has 0 amide bonds. The predicted octanol–water partition coefficient (Wildman–Crippen LogP) is 2.89. The lowest BCUT2D eigenvalue weighted by molar-refractivity contribution is 0.239. The zero-order valence-electron chi connectivity index (χ0n) is 11.8. The van der Waals surface area contributed by atoms with E-state index in [1.54, 1.807) is 0 Å². The van der Waals surface area contributed by atoms with Gasteiger partial charge in [0.15, 0.2) is 0 Å². The van der Waals surface area contributed by atoms with Crippen molar-refractivity contribution in [3.05, 3.63) is 0 Å². The predicted molar refractivity (Wildman–Crippen MR) is 74.3 cm³/mol. The van der Waals surface area contributed by atoms with Crippen LogP contribution in [0.4, 0.5) is 0 Å². The van der Waals surface area contributed by atoms with E-state index in [0.717, 1.165) is 11.8 Å². The summed E-state index contributed by atoms with van der Waals surface area (Å²) in [5.41, 5.74) is 0. The van der Waals surface area contributed by atoms with Crippen molar-refractivity contribution in [2.75, 3.05) is 26.2 Å². The number of nitrogens with one attached hydrogen (secondary N) is 1. The fourth-order valence-electron chi connectivity index (χ4n) is 2.46. The number of rotatable bonds is 10. The molecule has 0 spiro atoms. The Hall–Kier alpha value is -0.0800. The standard InChI is InChI=1S/C15H30N2/c1-3-9-16-13(2)8-10-17(11-14-4-5-14)12-15-6-7-15/h13-16H,3-12H2,1-2H3. The molecule has 2 fully saturated rings. The van der Waals surface area contributed by atoms with Crippen LogP contribution >= 0.6 is 0 Å². The van der Waals surface area contributed by atoms with Crippen molar-refractivity contribution in [1.29, 1.82) is 0 Å². The molecule has 0 aromatic heterocycles. The minimum atomic E-state index is 0.691. The fraction of sp³-hybridized carbons (Fsp3) is 1.00. The molecule has 0 aliphatic heterocycles. The van der Waals surface area contributed by atoms with Crippen LogP contribution < -0.4 is 5.32 Å². The van der Waals surface area contributed by atoms with Crippen LogP contribution in [0.5, 0.6) is 0 Å². The summed E-state index contributed by atoms with van der Waals surface area (Å²) in [6.07, 6.45) is 8.53. The average molecular weight is 238 g/mol. The van der Waals surface area contributed by atoms with Gasteiger partial charge >= 0.3 is 0 Å². The van der Waals surface area contributed by atoms with Crippen LogP contribution in [0.15, 0.2) is 0 Å². The van der Waals surface area contributed by atoms with Gasteiger partial charge in [-0.25, -0.2) is 0 Å². The fourth-order valence-corrected chi connectivity index (χ4v) is 2.46. The summed E-state index contributed by atoms with van der Waals surface area (Å²) >= 11 is 0. The average Bonchev–Trinajstić information content (AvgIpc) is 3.18. The lowest BCUT2D eigenvalue weighted by atomic mass is 10.2. The molecule has 1 N–H and O–H groups in total. The quantitative estimate of drug-likeness (QED) is 0.629. The van der Waals surface area contributed by atoms with E-state index in [2.05, 4.69) is 24.1 Å². The van der Waals surface area contributed by atoms with Crippen molar-refractivity contribution in [1.82, 2.24) is 10.2 Å². The molecule has 2 rings (SSSR count). The van der Waals surface area contributed by atoms with Crippen molar-refractivity contribution < 1.29 is 0 Å². The van der Waals surface area contributed by atoms with Gasteiger partial charge in [0.2, 0.25) is 0 Å². The maximum Gasteiger partial charge on any atom is 0.00508 e. The van der Waals surface area contributed by atoms with Crippen molar-refractivity contribution in [2.24, 2.45) is 11.8 Å². The summed E-state index contributed by atoms with van der Waals surface area (Å²) in [7, 11) is 0. The van der Waals surface area contributed by atoms with E-state index in [0.29, 0.717) is 6.04 Å². The molecule has 2 aliphatic rings. The molecule has 2 nitrogen and oxygen atoms in total. The molecule has 1 atom stereocenters.